The van der Waals surface area contributed by atoms with E-state index < -0.39 is 0 Å². The van der Waals surface area contributed by atoms with Crippen LogP contribution in [0.3, 0.4) is 0 Å². The Morgan fingerprint density at radius 3 is 2.89 bits per heavy atom. The Hall–Kier alpha value is -1.33. The molecule has 100 valence electrons. The third kappa shape index (κ3) is 3.85. The van der Waals surface area contributed by atoms with Crippen molar-refractivity contribution in [1.82, 2.24) is 9.88 Å². The molecule has 1 rings (SSSR count). The predicted molar refractivity (Wildman–Crippen MR) is 72.2 cm³/mol. The zero-order valence-corrected chi connectivity index (χ0v) is 11.6. The summed E-state index contributed by atoms with van der Waals surface area (Å²) in [6.45, 7) is 1.27. The normalized spacial score (nSPS) is 10.2. The molecule has 5 nitrogen and oxygen atoms in total. The molecule has 0 saturated heterocycles. The number of carbonyl (C=O) groups is 1. The molecule has 0 aromatic carbocycles. The molecular formula is C12H18ClN3O2. The van der Waals surface area contributed by atoms with Crippen LogP contribution < -0.4 is 5.32 Å². The van der Waals surface area contributed by atoms with Crippen molar-refractivity contribution >= 4 is 23.3 Å². The monoisotopic (exact) mass is 271 g/mol. The van der Waals surface area contributed by atoms with Gasteiger partial charge >= 0.3 is 0 Å². The second-order valence-corrected chi connectivity index (χ2v) is 4.28. The van der Waals surface area contributed by atoms with Crippen LogP contribution in [-0.2, 0) is 4.74 Å². The maximum atomic E-state index is 12.1. The number of carbonyl (C=O) groups excluding carboxylic acids is 1. The van der Waals surface area contributed by atoms with Gasteiger partial charge in [0.25, 0.3) is 5.91 Å². The predicted octanol–water partition coefficient (Wildman–Crippen LogP) is 1.89. The number of hydrogen-bond donors (Lipinski definition) is 1. The van der Waals surface area contributed by atoms with Crippen LogP contribution in [0.25, 0.3) is 0 Å². The molecule has 1 amide bonds. The number of ether oxygens (including phenoxy) is 1. The van der Waals surface area contributed by atoms with Crippen LogP contribution in [0, 0.1) is 0 Å². The molecule has 1 heterocycles. The first kappa shape index (κ1) is 14.7. The second-order valence-electron chi connectivity index (χ2n) is 3.88. The minimum absolute atomic E-state index is 0.0943. The number of nitrogens with one attached hydrogen (secondary N) is 1. The lowest BCUT2D eigenvalue weighted by atomic mass is 10.2. The Morgan fingerprint density at radius 2 is 2.33 bits per heavy atom. The number of methoxy groups -OCH3 is 1. The molecule has 0 saturated carbocycles. The first-order valence-corrected chi connectivity index (χ1v) is 6.05. The third-order valence-electron chi connectivity index (χ3n) is 2.51. The lowest BCUT2D eigenvalue weighted by Gasteiger charge is -2.17. The van der Waals surface area contributed by atoms with Gasteiger partial charge in [-0.1, -0.05) is 11.6 Å². The lowest BCUT2D eigenvalue weighted by molar-refractivity contribution is 0.0779. The molecule has 0 bridgehead atoms. The lowest BCUT2D eigenvalue weighted by Crippen LogP contribution is -2.28. The van der Waals surface area contributed by atoms with Crippen molar-refractivity contribution in [3.63, 3.8) is 0 Å². The first-order valence-electron chi connectivity index (χ1n) is 5.67. The summed E-state index contributed by atoms with van der Waals surface area (Å²) in [7, 11) is 5.12. The molecule has 1 N–H and O–H groups in total. The van der Waals surface area contributed by atoms with E-state index in [1.54, 1.807) is 32.2 Å². The van der Waals surface area contributed by atoms with Gasteiger partial charge in [-0.05, 0) is 12.5 Å². The van der Waals surface area contributed by atoms with Crippen molar-refractivity contribution in [3.05, 3.63) is 22.8 Å². The van der Waals surface area contributed by atoms with Gasteiger partial charge in [-0.15, -0.1) is 0 Å². The minimum Gasteiger partial charge on any atom is -0.385 e. The fourth-order valence-corrected chi connectivity index (χ4v) is 1.77. The highest BCUT2D eigenvalue weighted by Gasteiger charge is 2.13. The van der Waals surface area contributed by atoms with Crippen LogP contribution >= 0.6 is 11.6 Å². The van der Waals surface area contributed by atoms with Gasteiger partial charge in [0, 0.05) is 40.6 Å². The van der Waals surface area contributed by atoms with Crippen molar-refractivity contribution in [2.75, 3.05) is 39.7 Å². The molecule has 0 radical (unpaired) electrons. The molecule has 6 heteroatoms. The summed E-state index contributed by atoms with van der Waals surface area (Å²) in [6, 6.07) is 1.62. The van der Waals surface area contributed by atoms with E-state index in [0.29, 0.717) is 29.6 Å². The molecule has 1 aromatic heterocycles. The summed E-state index contributed by atoms with van der Waals surface area (Å²) < 4.78 is 4.95. The number of halogens is 1. The first-order chi connectivity index (χ1) is 8.60. The Bertz CT molecular complexity index is 412. The molecule has 1 aromatic rings. The van der Waals surface area contributed by atoms with E-state index in [1.165, 1.54) is 6.20 Å². The maximum absolute atomic E-state index is 12.1. The second kappa shape index (κ2) is 7.18. The Balaban J connectivity index is 2.68. The van der Waals surface area contributed by atoms with E-state index in [9.17, 15) is 4.79 Å². The summed E-state index contributed by atoms with van der Waals surface area (Å²) in [5.74, 6) is 0.471. The van der Waals surface area contributed by atoms with Crippen molar-refractivity contribution in [2.24, 2.45) is 0 Å². The average molecular weight is 272 g/mol. The van der Waals surface area contributed by atoms with Gasteiger partial charge in [0.2, 0.25) is 0 Å². The van der Waals surface area contributed by atoms with Gasteiger partial charge in [-0.25, -0.2) is 4.98 Å². The van der Waals surface area contributed by atoms with Crippen molar-refractivity contribution in [2.45, 2.75) is 6.42 Å². The average Bonchev–Trinajstić information content (AvgIpc) is 2.38. The molecule has 0 aliphatic heterocycles. The quantitative estimate of drug-likeness (QED) is 0.803. The Kier molecular flexibility index (Phi) is 5.88. The maximum Gasteiger partial charge on any atom is 0.255 e. The van der Waals surface area contributed by atoms with E-state index in [0.717, 1.165) is 6.42 Å². The van der Waals surface area contributed by atoms with Crippen LogP contribution in [0.1, 0.15) is 16.8 Å². The molecule has 18 heavy (non-hydrogen) atoms. The molecule has 0 fully saturated rings. The van der Waals surface area contributed by atoms with E-state index in [4.69, 9.17) is 16.3 Å². The number of amides is 1. The van der Waals surface area contributed by atoms with Gasteiger partial charge < -0.3 is 15.0 Å². The van der Waals surface area contributed by atoms with Crippen LogP contribution in [-0.4, -0.2) is 50.1 Å². The molecule has 0 unspecified atom stereocenters. The van der Waals surface area contributed by atoms with E-state index >= 15 is 0 Å². The fraction of sp³-hybridized carbons (Fsp3) is 0.500. The van der Waals surface area contributed by atoms with Gasteiger partial charge in [0.1, 0.15) is 5.82 Å². The summed E-state index contributed by atoms with van der Waals surface area (Å²) in [5, 5.41) is 3.29. The third-order valence-corrected chi connectivity index (χ3v) is 2.80. The van der Waals surface area contributed by atoms with Crippen LogP contribution in [0.4, 0.5) is 5.82 Å². The Labute approximate surface area is 112 Å². The molecule has 0 aliphatic carbocycles. The molecule has 0 aliphatic rings. The summed E-state index contributed by atoms with van der Waals surface area (Å²) in [6.07, 6.45) is 2.32. The van der Waals surface area contributed by atoms with Gasteiger partial charge in [0.05, 0.1) is 10.6 Å². The minimum atomic E-state index is -0.0943. The number of anilines is 1. The van der Waals surface area contributed by atoms with Crippen molar-refractivity contribution in [3.8, 4) is 0 Å². The largest absolute Gasteiger partial charge is 0.385 e. The van der Waals surface area contributed by atoms with Crippen molar-refractivity contribution < 1.29 is 9.53 Å². The number of pyridine rings is 1. The molecular weight excluding hydrogens is 254 g/mol. The Morgan fingerprint density at radius 1 is 1.61 bits per heavy atom. The van der Waals surface area contributed by atoms with Crippen LogP contribution in [0.2, 0.25) is 5.02 Å². The van der Waals surface area contributed by atoms with E-state index in [1.807, 2.05) is 0 Å². The highest BCUT2D eigenvalue weighted by molar-refractivity contribution is 6.33. The topological polar surface area (TPSA) is 54.5 Å². The number of rotatable bonds is 6. The zero-order chi connectivity index (χ0) is 13.5. The highest BCUT2D eigenvalue weighted by atomic mass is 35.5. The van der Waals surface area contributed by atoms with Gasteiger partial charge in [0.15, 0.2) is 0 Å². The molecule has 0 spiro atoms. The highest BCUT2D eigenvalue weighted by Crippen LogP contribution is 2.20. The van der Waals surface area contributed by atoms with E-state index in [-0.39, 0.29) is 5.91 Å². The fourth-order valence-electron chi connectivity index (χ4n) is 1.51. The van der Waals surface area contributed by atoms with Crippen molar-refractivity contribution in [1.29, 1.82) is 0 Å². The number of nitrogens with zero attached hydrogens (tertiary/aromatic N) is 2. The standard InChI is InChI=1S/C12H18ClN3O2/c1-14-11-10(13)7-9(8-15-11)12(17)16(2)5-4-6-18-3/h7-8H,4-6H2,1-3H3,(H,14,15). The van der Waals surface area contributed by atoms with Crippen LogP contribution in [0.5, 0.6) is 0 Å². The SMILES string of the molecule is CNc1ncc(C(=O)N(C)CCCOC)cc1Cl. The summed E-state index contributed by atoms with van der Waals surface area (Å²) in [5.41, 5.74) is 0.485. The summed E-state index contributed by atoms with van der Waals surface area (Å²) >= 11 is 5.99. The number of hydrogen-bond acceptors (Lipinski definition) is 4. The van der Waals surface area contributed by atoms with Crippen LogP contribution in [0.15, 0.2) is 12.3 Å². The number of aromatic nitrogens is 1. The molecule has 0 atom stereocenters. The summed E-state index contributed by atoms with van der Waals surface area (Å²) in [4.78, 5) is 17.8. The van der Waals surface area contributed by atoms with Gasteiger partial charge in [-0.3, -0.25) is 4.79 Å². The van der Waals surface area contributed by atoms with E-state index in [2.05, 4.69) is 10.3 Å². The smallest absolute Gasteiger partial charge is 0.255 e. The van der Waals surface area contributed by atoms with Gasteiger partial charge in [-0.2, -0.15) is 0 Å². The zero-order valence-electron chi connectivity index (χ0n) is 10.9.